The summed E-state index contributed by atoms with van der Waals surface area (Å²) in [5, 5.41) is 0. The van der Waals surface area contributed by atoms with Gasteiger partial charge < -0.3 is 4.74 Å². The van der Waals surface area contributed by atoms with Crippen LogP contribution in [-0.2, 0) is 4.74 Å². The van der Waals surface area contributed by atoms with Crippen LogP contribution in [0.4, 0.5) is 0 Å². The van der Waals surface area contributed by atoms with Gasteiger partial charge in [-0.1, -0.05) is 60.5 Å². The van der Waals surface area contributed by atoms with E-state index in [0.717, 1.165) is 5.56 Å². The molecular formula is C18H14O. The molecule has 2 heterocycles. The Bertz CT molecular complexity index is 603. The molecule has 0 fully saturated rings. The topological polar surface area (TPSA) is 9.23 Å². The molecule has 2 aromatic rings. The number of rotatable bonds is 0. The summed E-state index contributed by atoms with van der Waals surface area (Å²) in [5.41, 5.74) is 3.63. The lowest BCUT2D eigenvalue weighted by Crippen LogP contribution is -1.90. The predicted molar refractivity (Wildman–Crippen MR) is 76.5 cm³/mol. The Hall–Kier alpha value is -2.30. The molecule has 2 bridgehead atoms. The minimum Gasteiger partial charge on any atom is -0.357 e. The van der Waals surface area contributed by atoms with Crippen LogP contribution in [0.3, 0.4) is 0 Å². The van der Waals surface area contributed by atoms with Crippen molar-refractivity contribution in [2.75, 3.05) is 0 Å². The lowest BCUT2D eigenvalue weighted by atomic mass is 9.97. The van der Waals surface area contributed by atoms with E-state index < -0.39 is 0 Å². The van der Waals surface area contributed by atoms with Crippen LogP contribution in [0.2, 0.25) is 0 Å². The third-order valence-electron chi connectivity index (χ3n) is 3.30. The molecule has 0 saturated heterocycles. The number of terminal acetylenes is 1. The Morgan fingerprint density at radius 3 is 1.79 bits per heavy atom. The van der Waals surface area contributed by atoms with Gasteiger partial charge in [-0.05, 0) is 23.3 Å². The second-order valence-electron chi connectivity index (χ2n) is 4.50. The number of fused-ring (bicyclic) bond motifs is 5. The van der Waals surface area contributed by atoms with Crippen molar-refractivity contribution < 1.29 is 4.74 Å². The van der Waals surface area contributed by atoms with Gasteiger partial charge in [0.1, 0.15) is 12.2 Å². The lowest BCUT2D eigenvalue weighted by Gasteiger charge is -2.04. The third-order valence-corrected chi connectivity index (χ3v) is 3.30. The largest absolute Gasteiger partial charge is 0.357 e. The molecule has 19 heavy (non-hydrogen) atoms. The van der Waals surface area contributed by atoms with E-state index in [-0.39, 0.29) is 12.2 Å². The van der Waals surface area contributed by atoms with E-state index in [4.69, 9.17) is 11.2 Å². The van der Waals surface area contributed by atoms with E-state index in [1.165, 1.54) is 11.1 Å². The Kier molecular flexibility index (Phi) is 3.18. The summed E-state index contributed by atoms with van der Waals surface area (Å²) in [4.78, 5) is 0. The van der Waals surface area contributed by atoms with E-state index in [2.05, 4.69) is 42.3 Å². The molecule has 0 amide bonds. The summed E-state index contributed by atoms with van der Waals surface area (Å²) in [6.45, 7) is 0. The first kappa shape index (κ1) is 11.8. The fourth-order valence-electron chi connectivity index (χ4n) is 2.37. The summed E-state index contributed by atoms with van der Waals surface area (Å²) < 4.78 is 5.63. The molecule has 2 unspecified atom stereocenters. The highest BCUT2D eigenvalue weighted by atomic mass is 16.5. The van der Waals surface area contributed by atoms with Crippen molar-refractivity contribution in [2.24, 2.45) is 0 Å². The zero-order valence-electron chi connectivity index (χ0n) is 10.5. The van der Waals surface area contributed by atoms with Gasteiger partial charge in [0.15, 0.2) is 0 Å². The average Bonchev–Trinajstić information content (AvgIpc) is 3.11. The van der Waals surface area contributed by atoms with Gasteiger partial charge in [-0.25, -0.2) is 0 Å². The van der Waals surface area contributed by atoms with Crippen molar-refractivity contribution in [3.8, 4) is 12.3 Å². The van der Waals surface area contributed by atoms with Gasteiger partial charge in [0, 0.05) is 5.56 Å². The molecule has 0 aliphatic carbocycles. The SMILES string of the molecule is C#Cc1ccccc1.C1=CC2OC1c1ccccc12. The van der Waals surface area contributed by atoms with Crippen molar-refractivity contribution in [1.29, 1.82) is 0 Å². The highest BCUT2D eigenvalue weighted by Gasteiger charge is 2.32. The van der Waals surface area contributed by atoms with Crippen LogP contribution in [-0.4, -0.2) is 0 Å². The van der Waals surface area contributed by atoms with E-state index in [9.17, 15) is 0 Å². The highest BCUT2D eigenvalue weighted by Crippen LogP contribution is 2.45. The fourth-order valence-corrected chi connectivity index (χ4v) is 2.37. The van der Waals surface area contributed by atoms with E-state index >= 15 is 0 Å². The summed E-state index contributed by atoms with van der Waals surface area (Å²) in [5.74, 6) is 2.53. The zero-order valence-corrected chi connectivity index (χ0v) is 10.5. The van der Waals surface area contributed by atoms with Crippen LogP contribution in [0.15, 0.2) is 66.7 Å². The van der Waals surface area contributed by atoms with Crippen molar-refractivity contribution in [3.63, 3.8) is 0 Å². The molecule has 0 N–H and O–H groups in total. The fraction of sp³-hybridized carbons (Fsp3) is 0.111. The molecule has 1 nitrogen and oxygen atoms in total. The molecule has 2 aliphatic heterocycles. The van der Waals surface area contributed by atoms with Gasteiger partial charge in [-0.15, -0.1) is 6.42 Å². The van der Waals surface area contributed by atoms with E-state index in [1.807, 2.05) is 30.3 Å². The monoisotopic (exact) mass is 246 g/mol. The molecule has 4 rings (SSSR count). The molecule has 2 aromatic carbocycles. The van der Waals surface area contributed by atoms with Crippen molar-refractivity contribution in [1.82, 2.24) is 0 Å². The van der Waals surface area contributed by atoms with Gasteiger partial charge in [0.05, 0.1) is 0 Å². The quantitative estimate of drug-likeness (QED) is 0.503. The number of hydrogen-bond acceptors (Lipinski definition) is 1. The first-order chi connectivity index (χ1) is 9.38. The second kappa shape index (κ2) is 5.14. The second-order valence-corrected chi connectivity index (χ2v) is 4.50. The van der Waals surface area contributed by atoms with Gasteiger partial charge in [0.2, 0.25) is 0 Å². The molecule has 92 valence electrons. The van der Waals surface area contributed by atoms with Crippen LogP contribution in [0, 0.1) is 12.3 Å². The Morgan fingerprint density at radius 1 is 0.789 bits per heavy atom. The van der Waals surface area contributed by atoms with Crippen LogP contribution < -0.4 is 0 Å². The first-order valence-corrected chi connectivity index (χ1v) is 6.33. The van der Waals surface area contributed by atoms with Crippen LogP contribution >= 0.6 is 0 Å². The highest BCUT2D eigenvalue weighted by molar-refractivity contribution is 5.42. The Morgan fingerprint density at radius 2 is 1.32 bits per heavy atom. The van der Waals surface area contributed by atoms with Crippen molar-refractivity contribution in [2.45, 2.75) is 12.2 Å². The van der Waals surface area contributed by atoms with Gasteiger partial charge in [0.25, 0.3) is 0 Å². The van der Waals surface area contributed by atoms with Crippen molar-refractivity contribution in [3.05, 3.63) is 83.4 Å². The van der Waals surface area contributed by atoms with E-state index in [0.29, 0.717) is 0 Å². The van der Waals surface area contributed by atoms with Crippen LogP contribution in [0.1, 0.15) is 28.9 Å². The molecule has 0 spiro atoms. The average molecular weight is 246 g/mol. The number of hydrogen-bond donors (Lipinski definition) is 0. The van der Waals surface area contributed by atoms with Gasteiger partial charge >= 0.3 is 0 Å². The minimum absolute atomic E-state index is 0.246. The summed E-state index contributed by atoms with van der Waals surface area (Å²) in [6.07, 6.45) is 9.86. The maximum atomic E-state index is 5.63. The maximum Gasteiger partial charge on any atom is 0.102 e. The molecular weight excluding hydrogens is 232 g/mol. The third kappa shape index (κ3) is 2.31. The van der Waals surface area contributed by atoms with Gasteiger partial charge in [-0.3, -0.25) is 0 Å². The smallest absolute Gasteiger partial charge is 0.102 e. The van der Waals surface area contributed by atoms with Crippen LogP contribution in [0.5, 0.6) is 0 Å². The van der Waals surface area contributed by atoms with Crippen molar-refractivity contribution >= 4 is 0 Å². The summed E-state index contributed by atoms with van der Waals surface area (Å²) in [6, 6.07) is 18.0. The van der Waals surface area contributed by atoms with Crippen LogP contribution in [0.25, 0.3) is 0 Å². The molecule has 2 aliphatic rings. The summed E-state index contributed by atoms with van der Waals surface area (Å²) >= 11 is 0. The minimum atomic E-state index is 0.246. The zero-order chi connectivity index (χ0) is 13.1. The Labute approximate surface area is 113 Å². The predicted octanol–water partition coefficient (Wildman–Crippen LogP) is 4.04. The molecule has 0 saturated carbocycles. The maximum absolute atomic E-state index is 5.63. The first-order valence-electron chi connectivity index (χ1n) is 6.33. The van der Waals surface area contributed by atoms with Gasteiger partial charge in [-0.2, -0.15) is 0 Å². The molecule has 1 heteroatoms. The summed E-state index contributed by atoms with van der Waals surface area (Å²) in [7, 11) is 0. The standard InChI is InChI=1S/C10H8O.C8H6/c1-2-4-8-7(3-1)9-5-6-10(8)11-9;1-2-8-6-4-3-5-7-8/h1-6,9-10H;1,3-7H. The molecule has 0 aromatic heterocycles. The molecule has 0 radical (unpaired) electrons. The lowest BCUT2D eigenvalue weighted by molar-refractivity contribution is 0.0878. The Balaban J connectivity index is 0.000000123. The number of ether oxygens (including phenoxy) is 1. The molecule has 2 atom stereocenters. The van der Waals surface area contributed by atoms with E-state index in [1.54, 1.807) is 0 Å². The normalized spacial score (nSPS) is 21.2. The number of benzene rings is 2.